The first kappa shape index (κ1) is 18.2. The summed E-state index contributed by atoms with van der Waals surface area (Å²) in [5.74, 6) is 0.906. The maximum absolute atomic E-state index is 11.4. The third kappa shape index (κ3) is 4.45. The number of carbonyl (C=O) groups is 1. The van der Waals surface area contributed by atoms with Gasteiger partial charge in [-0.1, -0.05) is 50.2 Å². The summed E-state index contributed by atoms with van der Waals surface area (Å²) < 4.78 is 6.04. The summed E-state index contributed by atoms with van der Waals surface area (Å²) in [5.41, 5.74) is 5.08. The molecule has 0 heterocycles. The molecule has 0 saturated carbocycles. The Labute approximate surface area is 145 Å². The molecule has 0 saturated heterocycles. The average molecular weight is 325 g/mol. The highest BCUT2D eigenvalue weighted by Gasteiger charge is 2.09. The van der Waals surface area contributed by atoms with Gasteiger partial charge in [-0.3, -0.25) is 9.69 Å². The first-order valence-electron chi connectivity index (χ1n) is 8.57. The molecule has 0 unspecified atom stereocenters. The number of benzene rings is 2. The molecule has 2 rings (SSSR count). The van der Waals surface area contributed by atoms with Crippen molar-refractivity contribution in [3.05, 3.63) is 64.2 Å². The van der Waals surface area contributed by atoms with Crippen LogP contribution >= 0.6 is 0 Å². The fraction of sp³-hybridized carbons (Fsp3) is 0.381. The van der Waals surface area contributed by atoms with E-state index in [9.17, 15) is 4.79 Å². The molecule has 2 aromatic rings. The first-order chi connectivity index (χ1) is 11.6. The van der Waals surface area contributed by atoms with E-state index in [4.69, 9.17) is 4.74 Å². The molecule has 0 spiro atoms. The van der Waals surface area contributed by atoms with Gasteiger partial charge in [-0.2, -0.15) is 0 Å². The van der Waals surface area contributed by atoms with Crippen molar-refractivity contribution in [2.75, 3.05) is 13.1 Å². The number of para-hydroxylation sites is 1. The van der Waals surface area contributed by atoms with Crippen LogP contribution < -0.4 is 4.74 Å². The Kier molecular flexibility index (Phi) is 6.56. The van der Waals surface area contributed by atoms with Crippen LogP contribution in [0.15, 0.2) is 36.4 Å². The summed E-state index contributed by atoms with van der Waals surface area (Å²) >= 11 is 0. The molecular formula is C21H27NO2. The van der Waals surface area contributed by atoms with Crippen molar-refractivity contribution in [3.63, 3.8) is 0 Å². The molecule has 0 N–H and O–H groups in total. The van der Waals surface area contributed by atoms with E-state index in [1.165, 1.54) is 5.56 Å². The Morgan fingerprint density at radius 2 is 1.71 bits per heavy atom. The highest BCUT2D eigenvalue weighted by Crippen LogP contribution is 2.24. The summed E-state index contributed by atoms with van der Waals surface area (Å²) in [6.07, 6.45) is 0.907. The van der Waals surface area contributed by atoms with Gasteiger partial charge in [-0.25, -0.2) is 0 Å². The lowest BCUT2D eigenvalue weighted by molar-refractivity contribution is 0.112. The van der Waals surface area contributed by atoms with Gasteiger partial charge in [0.2, 0.25) is 0 Å². The molecule has 128 valence electrons. The normalized spacial score (nSPS) is 10.9. The lowest BCUT2D eigenvalue weighted by Gasteiger charge is -2.19. The maximum Gasteiger partial charge on any atom is 0.150 e. The Balaban J connectivity index is 2.20. The molecule has 0 aromatic heterocycles. The smallest absolute Gasteiger partial charge is 0.150 e. The first-order valence-corrected chi connectivity index (χ1v) is 8.57. The van der Waals surface area contributed by atoms with Gasteiger partial charge in [-0.15, -0.1) is 0 Å². The minimum atomic E-state index is 0.409. The fourth-order valence-electron chi connectivity index (χ4n) is 2.88. The third-order valence-electron chi connectivity index (χ3n) is 4.42. The number of ether oxygens (including phenoxy) is 1. The van der Waals surface area contributed by atoms with Gasteiger partial charge in [0.05, 0.1) is 0 Å². The molecule has 0 aliphatic heterocycles. The molecule has 24 heavy (non-hydrogen) atoms. The lowest BCUT2D eigenvalue weighted by Crippen LogP contribution is -2.22. The molecule has 3 nitrogen and oxygen atoms in total. The number of aryl methyl sites for hydroxylation is 2. The number of hydrogen-bond donors (Lipinski definition) is 0. The predicted molar refractivity (Wildman–Crippen MR) is 98.7 cm³/mol. The van der Waals surface area contributed by atoms with Crippen LogP contribution in [-0.2, 0) is 13.2 Å². The van der Waals surface area contributed by atoms with Crippen molar-refractivity contribution < 1.29 is 9.53 Å². The number of nitrogens with zero attached hydrogens (tertiary/aromatic N) is 1. The van der Waals surface area contributed by atoms with Crippen LogP contribution in [0.4, 0.5) is 0 Å². The Morgan fingerprint density at radius 3 is 2.29 bits per heavy atom. The number of carbonyl (C=O) groups excluding carboxylic acids is 1. The van der Waals surface area contributed by atoms with Crippen LogP contribution in [0, 0.1) is 13.8 Å². The zero-order chi connectivity index (χ0) is 17.5. The molecule has 0 atom stereocenters. The van der Waals surface area contributed by atoms with Crippen molar-refractivity contribution in [2.24, 2.45) is 0 Å². The highest BCUT2D eigenvalue weighted by atomic mass is 16.5. The van der Waals surface area contributed by atoms with Crippen molar-refractivity contribution in [3.8, 4) is 5.75 Å². The van der Waals surface area contributed by atoms with Crippen molar-refractivity contribution in [2.45, 2.75) is 40.8 Å². The Bertz CT molecular complexity index is 670. The SMILES string of the molecule is CCN(CC)Cc1ccc(C=O)c(COc2c(C)cccc2C)c1. The topological polar surface area (TPSA) is 29.5 Å². The zero-order valence-corrected chi connectivity index (χ0v) is 15.1. The van der Waals surface area contributed by atoms with E-state index >= 15 is 0 Å². The fourth-order valence-corrected chi connectivity index (χ4v) is 2.88. The predicted octanol–water partition coefficient (Wildman–Crippen LogP) is 4.54. The number of hydrogen-bond acceptors (Lipinski definition) is 3. The van der Waals surface area contributed by atoms with Crippen LogP contribution in [-0.4, -0.2) is 24.3 Å². The minimum Gasteiger partial charge on any atom is -0.488 e. The molecule has 3 heteroatoms. The van der Waals surface area contributed by atoms with Crippen LogP contribution in [0.3, 0.4) is 0 Å². The van der Waals surface area contributed by atoms with Gasteiger partial charge in [0.1, 0.15) is 18.6 Å². The average Bonchev–Trinajstić information content (AvgIpc) is 2.59. The minimum absolute atomic E-state index is 0.409. The number of rotatable bonds is 8. The monoisotopic (exact) mass is 325 g/mol. The van der Waals surface area contributed by atoms with Gasteiger partial charge < -0.3 is 4.74 Å². The molecular weight excluding hydrogens is 298 g/mol. The van der Waals surface area contributed by atoms with Gasteiger partial charge in [-0.05, 0) is 43.6 Å². The van der Waals surface area contributed by atoms with E-state index < -0.39 is 0 Å². The lowest BCUT2D eigenvalue weighted by atomic mass is 10.0. The second-order valence-corrected chi connectivity index (χ2v) is 6.12. The van der Waals surface area contributed by atoms with Crippen molar-refractivity contribution in [1.82, 2.24) is 4.90 Å². The third-order valence-corrected chi connectivity index (χ3v) is 4.42. The largest absolute Gasteiger partial charge is 0.488 e. The molecule has 0 aliphatic carbocycles. The Hall–Kier alpha value is -2.13. The van der Waals surface area contributed by atoms with Gasteiger partial charge in [0.25, 0.3) is 0 Å². The summed E-state index contributed by atoms with van der Waals surface area (Å²) in [7, 11) is 0. The molecule has 0 bridgehead atoms. The van der Waals surface area contributed by atoms with Crippen LogP contribution in [0.1, 0.15) is 46.5 Å². The van der Waals surface area contributed by atoms with E-state index in [2.05, 4.69) is 24.8 Å². The maximum atomic E-state index is 11.4. The van der Waals surface area contributed by atoms with E-state index in [1.807, 2.05) is 44.2 Å². The van der Waals surface area contributed by atoms with Crippen LogP contribution in [0.2, 0.25) is 0 Å². The summed E-state index contributed by atoms with van der Waals surface area (Å²) in [6, 6.07) is 12.1. The zero-order valence-electron chi connectivity index (χ0n) is 15.1. The molecule has 0 fully saturated rings. The number of aldehydes is 1. The van der Waals surface area contributed by atoms with E-state index in [0.29, 0.717) is 12.2 Å². The molecule has 0 amide bonds. The van der Waals surface area contributed by atoms with Gasteiger partial charge in [0.15, 0.2) is 0 Å². The second kappa shape index (κ2) is 8.65. The van der Waals surface area contributed by atoms with Crippen LogP contribution in [0.5, 0.6) is 5.75 Å². The molecule has 0 radical (unpaired) electrons. The quantitative estimate of drug-likeness (QED) is 0.668. The van der Waals surface area contributed by atoms with E-state index in [-0.39, 0.29) is 0 Å². The summed E-state index contributed by atoms with van der Waals surface area (Å²) in [4.78, 5) is 13.7. The summed E-state index contributed by atoms with van der Waals surface area (Å²) in [6.45, 7) is 11.7. The Morgan fingerprint density at radius 1 is 1.04 bits per heavy atom. The molecule has 2 aromatic carbocycles. The van der Waals surface area contributed by atoms with Crippen LogP contribution in [0.25, 0.3) is 0 Å². The van der Waals surface area contributed by atoms with Gasteiger partial charge >= 0.3 is 0 Å². The second-order valence-electron chi connectivity index (χ2n) is 6.12. The molecule has 0 aliphatic rings. The highest BCUT2D eigenvalue weighted by molar-refractivity contribution is 5.77. The van der Waals surface area contributed by atoms with E-state index in [0.717, 1.165) is 48.4 Å². The van der Waals surface area contributed by atoms with E-state index in [1.54, 1.807) is 0 Å². The van der Waals surface area contributed by atoms with Crippen molar-refractivity contribution in [1.29, 1.82) is 0 Å². The standard InChI is InChI=1S/C21H27NO2/c1-5-22(6-2)13-18-10-11-19(14-23)20(12-18)15-24-21-16(3)8-7-9-17(21)4/h7-12,14H,5-6,13,15H2,1-4H3. The summed E-state index contributed by atoms with van der Waals surface area (Å²) in [5, 5.41) is 0. The van der Waals surface area contributed by atoms with Gasteiger partial charge in [0, 0.05) is 17.7 Å². The van der Waals surface area contributed by atoms with Crippen molar-refractivity contribution >= 4 is 6.29 Å².